The van der Waals surface area contributed by atoms with Crippen LogP contribution in [0.1, 0.15) is 50.6 Å². The first-order chi connectivity index (χ1) is 15.5. The fraction of sp³-hybridized carbons (Fsp3) is 0.320. The zero-order valence-corrected chi connectivity index (χ0v) is 18.3. The fourth-order valence-corrected chi connectivity index (χ4v) is 3.82. The third kappa shape index (κ3) is 4.99. The van der Waals surface area contributed by atoms with E-state index in [9.17, 15) is 9.59 Å². The standard InChI is InChI=1S/C25H27N3O4/c1-17-23(18(2)32-27-17)16-31-22-10-8-20(9-11-22)25(30)28-14-12-21(13-15-28)26-24(29)19-6-4-3-5-7-19/h3-11,21H,12-16H2,1-2H3,(H,26,29). The molecule has 4 rings (SSSR count). The molecule has 7 nitrogen and oxygen atoms in total. The molecule has 1 N–H and O–H groups in total. The number of benzene rings is 2. The van der Waals surface area contributed by atoms with Crippen molar-refractivity contribution in [3.05, 3.63) is 82.7 Å². The van der Waals surface area contributed by atoms with Crippen molar-refractivity contribution in [2.75, 3.05) is 13.1 Å². The van der Waals surface area contributed by atoms with E-state index in [0.29, 0.717) is 36.6 Å². The van der Waals surface area contributed by atoms with E-state index in [1.54, 1.807) is 36.4 Å². The molecule has 1 aromatic heterocycles. The van der Waals surface area contributed by atoms with Crippen molar-refractivity contribution in [1.29, 1.82) is 0 Å². The summed E-state index contributed by atoms with van der Waals surface area (Å²) in [5, 5.41) is 7.00. The Morgan fingerprint density at radius 1 is 1.03 bits per heavy atom. The molecule has 1 aliphatic heterocycles. The van der Waals surface area contributed by atoms with Gasteiger partial charge >= 0.3 is 0 Å². The monoisotopic (exact) mass is 433 g/mol. The molecule has 1 saturated heterocycles. The number of aryl methyl sites for hydroxylation is 2. The molecule has 2 aromatic carbocycles. The molecule has 1 fully saturated rings. The number of carbonyl (C=O) groups excluding carboxylic acids is 2. The van der Waals surface area contributed by atoms with Crippen LogP contribution in [-0.4, -0.2) is 41.0 Å². The summed E-state index contributed by atoms with van der Waals surface area (Å²) in [5.74, 6) is 1.36. The number of carbonyl (C=O) groups is 2. The number of piperidine rings is 1. The minimum atomic E-state index is -0.0671. The Bertz CT molecular complexity index is 1050. The summed E-state index contributed by atoms with van der Waals surface area (Å²) in [5.41, 5.74) is 3.04. The number of hydrogen-bond acceptors (Lipinski definition) is 5. The molecule has 0 bridgehead atoms. The highest BCUT2D eigenvalue weighted by Gasteiger charge is 2.25. The average Bonchev–Trinajstić information content (AvgIpc) is 3.15. The van der Waals surface area contributed by atoms with Crippen LogP contribution in [0.4, 0.5) is 0 Å². The Morgan fingerprint density at radius 3 is 2.34 bits per heavy atom. The van der Waals surface area contributed by atoms with E-state index in [2.05, 4.69) is 10.5 Å². The Balaban J connectivity index is 1.27. The van der Waals surface area contributed by atoms with Gasteiger partial charge in [0, 0.05) is 30.3 Å². The third-order valence-electron chi connectivity index (χ3n) is 5.82. The lowest BCUT2D eigenvalue weighted by Crippen LogP contribution is -2.46. The number of nitrogens with zero attached hydrogens (tertiary/aromatic N) is 2. The van der Waals surface area contributed by atoms with Gasteiger partial charge in [-0.15, -0.1) is 0 Å². The molecule has 0 spiro atoms. The number of hydrogen-bond donors (Lipinski definition) is 1. The maximum Gasteiger partial charge on any atom is 0.253 e. The Hall–Kier alpha value is -3.61. The first-order valence-electron chi connectivity index (χ1n) is 10.8. The number of aromatic nitrogens is 1. The predicted molar refractivity (Wildman–Crippen MR) is 120 cm³/mol. The molecule has 0 radical (unpaired) electrons. The van der Waals surface area contributed by atoms with Crippen molar-refractivity contribution in [1.82, 2.24) is 15.4 Å². The molecule has 1 aliphatic rings. The van der Waals surface area contributed by atoms with Gasteiger partial charge in [-0.3, -0.25) is 9.59 Å². The van der Waals surface area contributed by atoms with Crippen LogP contribution in [-0.2, 0) is 6.61 Å². The summed E-state index contributed by atoms with van der Waals surface area (Å²) in [6.45, 7) is 5.34. The zero-order valence-electron chi connectivity index (χ0n) is 18.3. The van der Waals surface area contributed by atoms with Crippen molar-refractivity contribution >= 4 is 11.8 Å². The van der Waals surface area contributed by atoms with Crippen LogP contribution in [0.15, 0.2) is 59.1 Å². The lowest BCUT2D eigenvalue weighted by molar-refractivity contribution is 0.0698. The van der Waals surface area contributed by atoms with Gasteiger partial charge < -0.3 is 19.5 Å². The van der Waals surface area contributed by atoms with Crippen LogP contribution in [0.5, 0.6) is 5.75 Å². The Labute approximate surface area is 187 Å². The molecular formula is C25H27N3O4. The number of rotatable bonds is 6. The quantitative estimate of drug-likeness (QED) is 0.637. The van der Waals surface area contributed by atoms with Crippen molar-refractivity contribution < 1.29 is 18.8 Å². The van der Waals surface area contributed by atoms with E-state index in [-0.39, 0.29) is 17.9 Å². The van der Waals surface area contributed by atoms with E-state index in [1.807, 2.05) is 36.9 Å². The third-order valence-corrected chi connectivity index (χ3v) is 5.82. The Morgan fingerprint density at radius 2 is 1.72 bits per heavy atom. The summed E-state index contributed by atoms with van der Waals surface area (Å²) < 4.78 is 11.0. The van der Waals surface area contributed by atoms with Gasteiger partial charge in [0.05, 0.1) is 11.3 Å². The molecule has 2 heterocycles. The van der Waals surface area contributed by atoms with Gasteiger partial charge in [-0.05, 0) is 63.1 Å². The highest BCUT2D eigenvalue weighted by molar-refractivity contribution is 5.95. The fourth-order valence-electron chi connectivity index (χ4n) is 3.82. The molecule has 0 atom stereocenters. The van der Waals surface area contributed by atoms with Crippen LogP contribution in [0, 0.1) is 13.8 Å². The van der Waals surface area contributed by atoms with Crippen molar-refractivity contribution in [3.8, 4) is 5.75 Å². The van der Waals surface area contributed by atoms with Gasteiger partial charge in [0.25, 0.3) is 11.8 Å². The highest BCUT2D eigenvalue weighted by Crippen LogP contribution is 2.20. The second-order valence-electron chi connectivity index (χ2n) is 8.02. The summed E-state index contributed by atoms with van der Waals surface area (Å²) in [7, 11) is 0. The van der Waals surface area contributed by atoms with Gasteiger partial charge in [0.15, 0.2) is 0 Å². The highest BCUT2D eigenvalue weighted by atomic mass is 16.5. The van der Waals surface area contributed by atoms with Crippen molar-refractivity contribution in [2.24, 2.45) is 0 Å². The van der Waals surface area contributed by atoms with Crippen LogP contribution >= 0.6 is 0 Å². The van der Waals surface area contributed by atoms with Gasteiger partial charge in [-0.2, -0.15) is 0 Å². The molecule has 166 valence electrons. The van der Waals surface area contributed by atoms with E-state index in [1.165, 1.54) is 0 Å². The summed E-state index contributed by atoms with van der Waals surface area (Å²) >= 11 is 0. The Kier molecular flexibility index (Phi) is 6.54. The molecule has 3 aromatic rings. The second kappa shape index (κ2) is 9.68. The first kappa shape index (κ1) is 21.6. The smallest absolute Gasteiger partial charge is 0.253 e. The van der Waals surface area contributed by atoms with E-state index >= 15 is 0 Å². The maximum absolute atomic E-state index is 12.9. The van der Waals surface area contributed by atoms with Crippen LogP contribution in [0.3, 0.4) is 0 Å². The average molecular weight is 434 g/mol. The number of likely N-dealkylation sites (tertiary alicyclic amines) is 1. The van der Waals surface area contributed by atoms with Crippen LogP contribution < -0.4 is 10.1 Å². The molecular weight excluding hydrogens is 406 g/mol. The van der Waals surface area contributed by atoms with Gasteiger partial charge in [0.2, 0.25) is 0 Å². The maximum atomic E-state index is 12.9. The lowest BCUT2D eigenvalue weighted by Gasteiger charge is -2.32. The normalized spacial score (nSPS) is 14.2. The number of amides is 2. The molecule has 0 unspecified atom stereocenters. The molecule has 2 amide bonds. The summed E-state index contributed by atoms with van der Waals surface area (Å²) in [6.07, 6.45) is 1.48. The summed E-state index contributed by atoms with van der Waals surface area (Å²) in [4.78, 5) is 27.0. The largest absolute Gasteiger partial charge is 0.489 e. The van der Waals surface area contributed by atoms with E-state index in [0.717, 1.165) is 29.9 Å². The SMILES string of the molecule is Cc1noc(C)c1COc1ccc(C(=O)N2CCC(NC(=O)c3ccccc3)CC2)cc1. The van der Waals surface area contributed by atoms with Crippen LogP contribution in [0.25, 0.3) is 0 Å². The number of ether oxygens (including phenoxy) is 1. The molecule has 7 heteroatoms. The summed E-state index contributed by atoms with van der Waals surface area (Å²) in [6, 6.07) is 16.4. The lowest BCUT2D eigenvalue weighted by atomic mass is 10.0. The molecule has 0 saturated carbocycles. The van der Waals surface area contributed by atoms with Gasteiger partial charge in [-0.25, -0.2) is 0 Å². The topological polar surface area (TPSA) is 84.7 Å². The molecule has 32 heavy (non-hydrogen) atoms. The second-order valence-corrected chi connectivity index (χ2v) is 8.02. The van der Waals surface area contributed by atoms with Gasteiger partial charge in [-0.1, -0.05) is 23.4 Å². The van der Waals surface area contributed by atoms with E-state index in [4.69, 9.17) is 9.26 Å². The van der Waals surface area contributed by atoms with E-state index < -0.39 is 0 Å². The number of nitrogens with one attached hydrogen (secondary N) is 1. The first-order valence-corrected chi connectivity index (χ1v) is 10.8. The van der Waals surface area contributed by atoms with Gasteiger partial charge in [0.1, 0.15) is 18.1 Å². The van der Waals surface area contributed by atoms with Crippen LogP contribution in [0.2, 0.25) is 0 Å². The zero-order chi connectivity index (χ0) is 22.5. The van der Waals surface area contributed by atoms with Crippen molar-refractivity contribution in [2.45, 2.75) is 39.3 Å². The minimum absolute atomic E-state index is 0.00453. The minimum Gasteiger partial charge on any atom is -0.489 e. The predicted octanol–water partition coefficient (Wildman–Crippen LogP) is 3.91. The van der Waals surface area contributed by atoms with Crippen molar-refractivity contribution in [3.63, 3.8) is 0 Å². The molecule has 0 aliphatic carbocycles.